The number of nitrogens with zero attached hydrogens (tertiary/aromatic N) is 1. The monoisotopic (exact) mass is 378 g/mol. The van der Waals surface area contributed by atoms with Gasteiger partial charge in [-0.25, -0.2) is 0 Å². The van der Waals surface area contributed by atoms with Crippen molar-refractivity contribution in [2.75, 3.05) is 13.1 Å². The average molecular weight is 379 g/mol. The minimum Gasteiger partial charge on any atom is -0.372 e. The lowest BCUT2D eigenvalue weighted by atomic mass is 9.63. The van der Waals surface area contributed by atoms with Gasteiger partial charge in [0, 0.05) is 24.8 Å². The maximum atomic E-state index is 6.09. The number of nitrogens with two attached hydrogens (primary N) is 1. The third kappa shape index (κ3) is 4.12. The Bertz CT molecular complexity index is 787. The molecule has 0 aromatic heterocycles. The van der Waals surface area contributed by atoms with E-state index in [1.807, 2.05) is 6.08 Å². The van der Waals surface area contributed by atoms with Crippen LogP contribution in [0.15, 0.2) is 48.7 Å². The molecule has 1 heterocycles. The van der Waals surface area contributed by atoms with E-state index in [0.29, 0.717) is 6.04 Å². The maximum Gasteiger partial charge on any atom is 0.0329 e. The summed E-state index contributed by atoms with van der Waals surface area (Å²) in [5.41, 5.74) is 13.3. The van der Waals surface area contributed by atoms with E-state index in [4.69, 9.17) is 5.73 Å². The van der Waals surface area contributed by atoms with Crippen molar-refractivity contribution in [3.63, 3.8) is 0 Å². The zero-order chi connectivity index (χ0) is 20.5. The number of piperidine rings is 1. The molecule has 0 saturated carbocycles. The molecule has 152 valence electrons. The van der Waals surface area contributed by atoms with Crippen LogP contribution in [0.5, 0.6) is 0 Å². The second-order valence-electron chi connectivity index (χ2n) is 9.87. The van der Waals surface area contributed by atoms with Gasteiger partial charge in [-0.3, -0.25) is 0 Å². The summed E-state index contributed by atoms with van der Waals surface area (Å²) in [7, 11) is 0. The van der Waals surface area contributed by atoms with Gasteiger partial charge in [0.25, 0.3) is 0 Å². The Morgan fingerprint density at radius 3 is 2.25 bits per heavy atom. The molecule has 1 aromatic rings. The van der Waals surface area contributed by atoms with E-state index in [9.17, 15) is 0 Å². The summed E-state index contributed by atoms with van der Waals surface area (Å²) in [6.45, 7) is 17.8. The van der Waals surface area contributed by atoms with Crippen molar-refractivity contribution >= 4 is 5.57 Å². The summed E-state index contributed by atoms with van der Waals surface area (Å²) >= 11 is 0. The zero-order valence-electron chi connectivity index (χ0n) is 18.5. The minimum absolute atomic E-state index is 0.222. The summed E-state index contributed by atoms with van der Waals surface area (Å²) in [5, 5.41) is 0. The fraction of sp³-hybridized carbons (Fsp3) is 0.538. The van der Waals surface area contributed by atoms with E-state index >= 15 is 0 Å². The Balaban J connectivity index is 1.97. The average Bonchev–Trinajstić information content (AvgIpc) is 2.67. The minimum atomic E-state index is 0.222. The van der Waals surface area contributed by atoms with E-state index in [1.54, 1.807) is 0 Å². The van der Waals surface area contributed by atoms with Gasteiger partial charge in [-0.2, -0.15) is 0 Å². The van der Waals surface area contributed by atoms with Gasteiger partial charge in [0.2, 0.25) is 0 Å². The van der Waals surface area contributed by atoms with E-state index in [2.05, 4.69) is 76.4 Å². The molecule has 0 radical (unpaired) electrons. The van der Waals surface area contributed by atoms with Crippen LogP contribution in [0, 0.1) is 0 Å². The first-order valence-electron chi connectivity index (χ1n) is 10.8. The predicted molar refractivity (Wildman–Crippen MR) is 122 cm³/mol. The highest BCUT2D eigenvalue weighted by atomic mass is 15.1. The lowest BCUT2D eigenvalue weighted by Gasteiger charge is -2.42. The molecular formula is C26H38N2. The second kappa shape index (κ2) is 7.91. The number of hydrogen-bond acceptors (Lipinski definition) is 2. The molecule has 3 rings (SSSR count). The molecule has 28 heavy (non-hydrogen) atoms. The summed E-state index contributed by atoms with van der Waals surface area (Å²) in [6, 6.07) is 7.42. The van der Waals surface area contributed by atoms with Gasteiger partial charge >= 0.3 is 0 Å². The molecule has 2 nitrogen and oxygen atoms in total. The first kappa shape index (κ1) is 20.9. The first-order chi connectivity index (χ1) is 13.2. The fourth-order valence-corrected chi connectivity index (χ4v) is 4.70. The van der Waals surface area contributed by atoms with Crippen LogP contribution in [0.4, 0.5) is 0 Å². The normalized spacial score (nSPS) is 22.7. The molecule has 2 N–H and O–H groups in total. The van der Waals surface area contributed by atoms with Crippen molar-refractivity contribution in [1.82, 2.24) is 4.90 Å². The molecule has 1 saturated heterocycles. The molecule has 0 amide bonds. The van der Waals surface area contributed by atoms with Gasteiger partial charge in [0.1, 0.15) is 0 Å². The van der Waals surface area contributed by atoms with Crippen molar-refractivity contribution < 1.29 is 0 Å². The molecule has 2 aliphatic rings. The van der Waals surface area contributed by atoms with Crippen molar-refractivity contribution in [2.45, 2.75) is 77.2 Å². The van der Waals surface area contributed by atoms with E-state index < -0.39 is 0 Å². The molecule has 0 spiro atoms. The third-order valence-corrected chi connectivity index (χ3v) is 6.91. The molecular weight excluding hydrogens is 340 g/mol. The van der Waals surface area contributed by atoms with Gasteiger partial charge in [-0.1, -0.05) is 64.6 Å². The second-order valence-corrected chi connectivity index (χ2v) is 9.87. The highest BCUT2D eigenvalue weighted by Gasteiger charge is 2.37. The van der Waals surface area contributed by atoms with E-state index in [0.717, 1.165) is 25.9 Å². The molecule has 1 fully saturated rings. The highest BCUT2D eigenvalue weighted by molar-refractivity contribution is 5.76. The quantitative estimate of drug-likeness (QED) is 0.658. The standard InChI is InChI=1S/C26H38N2/c1-7-19(17-22(8-2)28-15-11-21(27)12-16-28)20-9-10-23-24(18-20)26(5,6)14-13-25(23,3)4/h7-10,17-18,21H,1,11-16,27H2,2-6H3/b19-17+,22-8+. The van der Waals surface area contributed by atoms with Crippen LogP contribution in [0.3, 0.4) is 0 Å². The van der Waals surface area contributed by atoms with Crippen LogP contribution in [-0.4, -0.2) is 24.0 Å². The Kier molecular flexibility index (Phi) is 5.91. The number of likely N-dealkylation sites (tertiary alicyclic amines) is 1. The van der Waals surface area contributed by atoms with Crippen molar-refractivity contribution in [1.29, 1.82) is 0 Å². The van der Waals surface area contributed by atoms with Gasteiger partial charge in [-0.05, 0) is 71.8 Å². The number of hydrogen-bond donors (Lipinski definition) is 1. The Morgan fingerprint density at radius 1 is 1.07 bits per heavy atom. The first-order valence-corrected chi connectivity index (χ1v) is 10.8. The molecule has 1 aromatic carbocycles. The van der Waals surface area contributed by atoms with Crippen molar-refractivity contribution in [3.8, 4) is 0 Å². The smallest absolute Gasteiger partial charge is 0.0329 e. The molecule has 0 atom stereocenters. The zero-order valence-corrected chi connectivity index (χ0v) is 18.5. The van der Waals surface area contributed by atoms with Crippen LogP contribution < -0.4 is 5.73 Å². The number of rotatable bonds is 4. The van der Waals surface area contributed by atoms with E-state index in [-0.39, 0.29) is 10.8 Å². The summed E-state index contributed by atoms with van der Waals surface area (Å²) < 4.78 is 0. The number of fused-ring (bicyclic) bond motifs is 1. The summed E-state index contributed by atoms with van der Waals surface area (Å²) in [4.78, 5) is 2.46. The van der Waals surface area contributed by atoms with Crippen LogP contribution in [-0.2, 0) is 10.8 Å². The summed E-state index contributed by atoms with van der Waals surface area (Å²) in [6.07, 6.45) is 11.1. The largest absolute Gasteiger partial charge is 0.372 e. The maximum absolute atomic E-state index is 6.09. The Hall–Kier alpha value is -1.80. The highest BCUT2D eigenvalue weighted by Crippen LogP contribution is 2.46. The third-order valence-electron chi connectivity index (χ3n) is 6.91. The summed E-state index contributed by atoms with van der Waals surface area (Å²) in [5.74, 6) is 0. The van der Waals surface area contributed by atoms with Crippen molar-refractivity contribution in [3.05, 3.63) is 65.4 Å². The molecule has 0 bridgehead atoms. The lowest BCUT2D eigenvalue weighted by molar-refractivity contribution is 0.270. The lowest BCUT2D eigenvalue weighted by Crippen LogP contribution is -2.38. The van der Waals surface area contributed by atoms with Gasteiger partial charge in [-0.15, -0.1) is 0 Å². The fourth-order valence-electron chi connectivity index (χ4n) is 4.70. The SMILES string of the molecule is C=C/C(=C\C(=C/C)N1CCC(N)CC1)c1ccc2c(c1)C(C)(C)CCC2(C)C. The molecule has 1 aliphatic carbocycles. The molecule has 1 aliphatic heterocycles. The van der Waals surface area contributed by atoms with Gasteiger partial charge in [0.05, 0.1) is 0 Å². The van der Waals surface area contributed by atoms with Crippen LogP contribution >= 0.6 is 0 Å². The van der Waals surface area contributed by atoms with Gasteiger partial charge < -0.3 is 10.6 Å². The Labute approximate surface area is 172 Å². The molecule has 0 unspecified atom stereocenters. The van der Waals surface area contributed by atoms with Crippen LogP contribution in [0.1, 0.15) is 77.0 Å². The topological polar surface area (TPSA) is 29.3 Å². The Morgan fingerprint density at radius 2 is 1.68 bits per heavy atom. The van der Waals surface area contributed by atoms with Crippen LogP contribution in [0.25, 0.3) is 5.57 Å². The van der Waals surface area contributed by atoms with Crippen molar-refractivity contribution in [2.24, 2.45) is 5.73 Å². The molecule has 2 heteroatoms. The number of allylic oxidation sites excluding steroid dienone is 4. The van der Waals surface area contributed by atoms with E-state index in [1.165, 1.54) is 40.8 Å². The predicted octanol–water partition coefficient (Wildman–Crippen LogP) is 5.93. The van der Waals surface area contributed by atoms with Crippen LogP contribution in [0.2, 0.25) is 0 Å². The number of benzene rings is 1. The van der Waals surface area contributed by atoms with Gasteiger partial charge in [0.15, 0.2) is 0 Å².